The number of aromatic nitrogens is 2. The van der Waals surface area contributed by atoms with Crippen molar-refractivity contribution in [2.75, 3.05) is 0 Å². The maximum atomic E-state index is 12.2. The van der Waals surface area contributed by atoms with E-state index >= 15 is 0 Å². The molecule has 0 aliphatic heterocycles. The molecule has 4 rings (SSSR count). The van der Waals surface area contributed by atoms with E-state index in [4.69, 9.17) is 9.97 Å². The summed E-state index contributed by atoms with van der Waals surface area (Å²) in [7, 11) is 0. The Morgan fingerprint density at radius 1 is 0.870 bits per heavy atom. The number of benzene rings is 3. The van der Waals surface area contributed by atoms with E-state index < -0.39 is 0 Å². The van der Waals surface area contributed by atoms with Crippen LogP contribution in [0, 0.1) is 23.8 Å². The molecule has 1 heterocycles. The second kappa shape index (κ2) is 15.8. The van der Waals surface area contributed by atoms with Gasteiger partial charge in [-0.3, -0.25) is 9.78 Å². The smallest absolute Gasteiger partial charge is 0.164 e. The van der Waals surface area contributed by atoms with E-state index in [1.807, 2.05) is 41.5 Å². The van der Waals surface area contributed by atoms with E-state index in [1.165, 1.54) is 28.0 Å². The van der Waals surface area contributed by atoms with Crippen LogP contribution in [0.25, 0.3) is 32.9 Å². The van der Waals surface area contributed by atoms with Gasteiger partial charge in [0.05, 0.1) is 5.52 Å². The molecule has 0 fully saturated rings. The molecule has 0 unspecified atom stereocenters. The van der Waals surface area contributed by atoms with Crippen molar-refractivity contribution in [2.45, 2.75) is 120 Å². The van der Waals surface area contributed by atoms with Gasteiger partial charge in [-0.1, -0.05) is 106 Å². The van der Waals surface area contributed by atoms with E-state index in [0.717, 1.165) is 53.7 Å². The maximum Gasteiger partial charge on any atom is 0.164 e. The van der Waals surface area contributed by atoms with Gasteiger partial charge in [-0.2, -0.15) is 0 Å². The minimum Gasteiger partial charge on any atom is -0.512 e. The Hall–Kier alpha value is -2.88. The van der Waals surface area contributed by atoms with Crippen LogP contribution in [0.3, 0.4) is 0 Å². The number of ketones is 1. The number of nitrogens with zero attached hydrogens (tertiary/aromatic N) is 2. The molecule has 46 heavy (non-hydrogen) atoms. The van der Waals surface area contributed by atoms with Crippen molar-refractivity contribution < 1.29 is 30.0 Å². The predicted octanol–water partition coefficient (Wildman–Crippen LogP) is 11.6. The first-order valence-corrected chi connectivity index (χ1v) is 16.7. The minimum absolute atomic E-state index is 0. The fraction of sp³-hybridized carbons (Fsp3) is 0.488. The van der Waals surface area contributed by atoms with Gasteiger partial charge in [0.25, 0.3) is 0 Å². The van der Waals surface area contributed by atoms with Crippen LogP contribution < -0.4 is 0 Å². The number of hydrogen-bond acceptors (Lipinski definition) is 4. The van der Waals surface area contributed by atoms with Gasteiger partial charge in [0.2, 0.25) is 0 Å². The molecule has 1 radical (unpaired) electrons. The van der Waals surface area contributed by atoms with E-state index in [2.05, 4.69) is 96.1 Å². The SMILES string of the molecule is CCC(C)(CC)C(=O)/C=C(\O)C(C)(CC)CC.Cc1cccc2ccc3c(-c4[c-]cc(C(C)(C)C)cc4)nc(C(C)C)nc3c12.[Ir]. The van der Waals surface area contributed by atoms with Crippen molar-refractivity contribution in [1.29, 1.82) is 0 Å². The van der Waals surface area contributed by atoms with Gasteiger partial charge in [0.15, 0.2) is 5.78 Å². The second-order valence-electron chi connectivity index (χ2n) is 14.4. The van der Waals surface area contributed by atoms with Crippen LogP contribution in [0.5, 0.6) is 0 Å². The molecule has 0 amide bonds. The standard InChI is InChI=1S/C26H27N2.C15H28O2.Ir/c1-16(2)25-27-23(19-10-13-20(14-11-19)26(4,5)6)21-15-12-18-9-7-8-17(3)22(18)24(21)28-25;1-7-14(5,8-2)12(16)11-13(17)15(6,9-3)10-4;/h7-10,12-16H,1-6H3;11,16H,7-10H2,1-6H3;/q-1;;/b;12-11-;. The Balaban J connectivity index is 0.000000356. The molecule has 3 aromatic carbocycles. The van der Waals surface area contributed by atoms with Crippen molar-refractivity contribution in [2.24, 2.45) is 10.8 Å². The monoisotopic (exact) mass is 800 g/mol. The van der Waals surface area contributed by atoms with Crippen LogP contribution in [-0.4, -0.2) is 20.9 Å². The molecule has 0 saturated carbocycles. The van der Waals surface area contributed by atoms with Crippen LogP contribution in [0.2, 0.25) is 0 Å². The Labute approximate surface area is 291 Å². The molecule has 0 atom stereocenters. The maximum absolute atomic E-state index is 12.2. The van der Waals surface area contributed by atoms with E-state index in [9.17, 15) is 9.90 Å². The molecule has 5 heteroatoms. The van der Waals surface area contributed by atoms with Gasteiger partial charge < -0.3 is 5.11 Å². The Morgan fingerprint density at radius 2 is 1.48 bits per heavy atom. The minimum atomic E-state index is -0.337. The summed E-state index contributed by atoms with van der Waals surface area (Å²) in [5.74, 6) is 1.43. The Kier molecular flexibility index (Phi) is 13.5. The molecule has 4 aromatic rings. The van der Waals surface area contributed by atoms with Crippen molar-refractivity contribution in [3.8, 4) is 11.3 Å². The first-order valence-electron chi connectivity index (χ1n) is 16.7. The normalized spacial score (nSPS) is 12.6. The average molecular weight is 800 g/mol. The predicted molar refractivity (Wildman–Crippen MR) is 192 cm³/mol. The average Bonchev–Trinajstić information content (AvgIpc) is 3.03. The molecule has 0 aliphatic rings. The van der Waals surface area contributed by atoms with E-state index in [0.29, 0.717) is 0 Å². The zero-order valence-electron chi connectivity index (χ0n) is 30.2. The molecule has 4 nitrogen and oxygen atoms in total. The third-order valence-corrected chi connectivity index (χ3v) is 9.99. The molecule has 1 aromatic heterocycles. The summed E-state index contributed by atoms with van der Waals surface area (Å²) in [4.78, 5) is 22.1. The molecular formula is C41H55IrN2O2-. The fourth-order valence-corrected chi connectivity index (χ4v) is 5.35. The summed E-state index contributed by atoms with van der Waals surface area (Å²) in [6, 6.07) is 20.7. The zero-order chi connectivity index (χ0) is 33.7. The Bertz CT molecular complexity index is 1650. The summed E-state index contributed by atoms with van der Waals surface area (Å²) < 4.78 is 0. The summed E-state index contributed by atoms with van der Waals surface area (Å²) in [5.41, 5.74) is 5.06. The van der Waals surface area contributed by atoms with Gasteiger partial charge >= 0.3 is 0 Å². The summed E-state index contributed by atoms with van der Waals surface area (Å²) in [6.07, 6.45) is 4.75. The number of rotatable bonds is 9. The summed E-state index contributed by atoms with van der Waals surface area (Å²) in [5, 5.41) is 13.7. The van der Waals surface area contributed by atoms with Crippen LogP contribution >= 0.6 is 0 Å². The van der Waals surface area contributed by atoms with E-state index in [-0.39, 0.29) is 53.8 Å². The van der Waals surface area contributed by atoms with Crippen molar-refractivity contribution in [3.05, 3.63) is 83.4 Å². The first-order chi connectivity index (χ1) is 21.0. The zero-order valence-corrected chi connectivity index (χ0v) is 32.6. The van der Waals surface area contributed by atoms with Crippen LogP contribution in [0.15, 0.2) is 60.4 Å². The summed E-state index contributed by atoms with van der Waals surface area (Å²) in [6.45, 7) is 25.2. The van der Waals surface area contributed by atoms with Gasteiger partial charge in [0.1, 0.15) is 11.6 Å². The number of aliphatic hydroxyl groups excluding tert-OH is 1. The van der Waals surface area contributed by atoms with Crippen molar-refractivity contribution in [1.82, 2.24) is 9.97 Å². The van der Waals surface area contributed by atoms with Crippen LogP contribution in [0.4, 0.5) is 0 Å². The topological polar surface area (TPSA) is 63.1 Å². The second-order valence-corrected chi connectivity index (χ2v) is 14.4. The number of fused-ring (bicyclic) bond motifs is 3. The molecule has 0 bridgehead atoms. The molecule has 1 N–H and O–H groups in total. The van der Waals surface area contributed by atoms with Crippen molar-refractivity contribution >= 4 is 27.5 Å². The van der Waals surface area contributed by atoms with Crippen LogP contribution in [-0.2, 0) is 30.3 Å². The summed E-state index contributed by atoms with van der Waals surface area (Å²) >= 11 is 0. The van der Waals surface area contributed by atoms with Crippen molar-refractivity contribution in [3.63, 3.8) is 0 Å². The first kappa shape index (κ1) is 39.3. The number of aliphatic hydroxyl groups is 1. The van der Waals surface area contributed by atoms with Gasteiger partial charge in [0, 0.05) is 48.3 Å². The fourth-order valence-electron chi connectivity index (χ4n) is 5.35. The molecular weight excluding hydrogens is 745 g/mol. The third kappa shape index (κ3) is 8.52. The van der Waals surface area contributed by atoms with E-state index in [1.54, 1.807) is 0 Å². The Morgan fingerprint density at radius 3 is 1.98 bits per heavy atom. The number of aryl methyl sites for hydroxylation is 1. The largest absolute Gasteiger partial charge is 0.512 e. The third-order valence-electron chi connectivity index (χ3n) is 9.99. The van der Waals surface area contributed by atoms with Gasteiger partial charge in [-0.15, -0.1) is 35.4 Å². The molecule has 0 aliphatic carbocycles. The number of carbonyl (C=O) groups is 1. The molecule has 251 valence electrons. The number of carbonyl (C=O) groups excluding carboxylic acids is 1. The van der Waals surface area contributed by atoms with Crippen LogP contribution in [0.1, 0.15) is 125 Å². The molecule has 0 spiro atoms. The van der Waals surface area contributed by atoms with Gasteiger partial charge in [-0.05, 0) is 60.1 Å². The quantitative estimate of drug-likeness (QED) is 0.0793. The number of hydrogen-bond donors (Lipinski definition) is 1. The van der Waals surface area contributed by atoms with Gasteiger partial charge in [-0.25, -0.2) is 4.98 Å². The molecule has 0 saturated heterocycles. The number of allylic oxidation sites excluding steroid dienone is 2.